The Kier molecular flexibility index (Phi) is 6.57. The molecule has 0 radical (unpaired) electrons. The van der Waals surface area contributed by atoms with Gasteiger partial charge in [0.15, 0.2) is 11.6 Å². The van der Waals surface area contributed by atoms with Crippen LogP contribution >= 0.6 is 0 Å². The number of fused-ring (bicyclic) bond motifs is 6. The van der Waals surface area contributed by atoms with Gasteiger partial charge in [-0.3, -0.25) is 4.90 Å². The number of benzene rings is 1. The Balaban J connectivity index is 1.28. The third-order valence-electron chi connectivity index (χ3n) is 11.5. The van der Waals surface area contributed by atoms with Crippen LogP contribution in [0.3, 0.4) is 0 Å². The number of allylic oxidation sites excluding steroid dienone is 2. The number of carbonyl (C=O) groups excluding carboxylic acids is 1. The molecular formula is C35H47NO6. The van der Waals surface area contributed by atoms with Crippen LogP contribution < -0.4 is 4.90 Å². The Morgan fingerprint density at radius 2 is 1.62 bits per heavy atom. The van der Waals surface area contributed by atoms with Crippen LogP contribution in [0, 0.1) is 28.6 Å². The van der Waals surface area contributed by atoms with E-state index in [1.165, 1.54) is 16.7 Å². The van der Waals surface area contributed by atoms with Gasteiger partial charge in [-0.1, -0.05) is 43.7 Å². The van der Waals surface area contributed by atoms with Gasteiger partial charge in [0.1, 0.15) is 5.60 Å². The third kappa shape index (κ3) is 4.25. The van der Waals surface area contributed by atoms with E-state index in [1.807, 2.05) is 20.8 Å². The van der Waals surface area contributed by atoms with Crippen LogP contribution in [0.2, 0.25) is 0 Å². The molecule has 4 fully saturated rings. The van der Waals surface area contributed by atoms with E-state index in [0.717, 1.165) is 44.2 Å². The number of hydrogen-bond acceptors (Lipinski definition) is 6. The zero-order chi connectivity index (χ0) is 29.5. The van der Waals surface area contributed by atoms with E-state index in [1.54, 1.807) is 11.9 Å². The van der Waals surface area contributed by atoms with E-state index in [-0.39, 0.29) is 16.9 Å². The van der Waals surface area contributed by atoms with Crippen LogP contribution in [0.15, 0.2) is 42.0 Å². The molecule has 7 rings (SSSR count). The first kappa shape index (κ1) is 28.6. The molecule has 2 aliphatic heterocycles. The van der Waals surface area contributed by atoms with Gasteiger partial charge in [0.25, 0.3) is 0 Å². The number of ether oxygens (including phenoxy) is 5. The minimum Gasteiger partial charge on any atom is -0.443 e. The Morgan fingerprint density at radius 1 is 0.952 bits per heavy atom. The molecule has 7 heteroatoms. The molecular weight excluding hydrogens is 530 g/mol. The van der Waals surface area contributed by atoms with Gasteiger partial charge in [-0.05, 0) is 86.5 Å². The monoisotopic (exact) mass is 577 g/mol. The summed E-state index contributed by atoms with van der Waals surface area (Å²) in [6.45, 7) is 13.2. The number of hydrogen-bond donors (Lipinski definition) is 0. The molecule has 4 aliphatic carbocycles. The Hall–Kier alpha value is -2.19. The predicted molar refractivity (Wildman–Crippen MR) is 161 cm³/mol. The van der Waals surface area contributed by atoms with Crippen molar-refractivity contribution in [2.45, 2.75) is 90.3 Å². The molecule has 2 saturated heterocycles. The molecule has 7 nitrogen and oxygen atoms in total. The first-order valence-corrected chi connectivity index (χ1v) is 15.9. The lowest BCUT2D eigenvalue weighted by atomic mass is 9.47. The molecule has 6 aliphatic rings. The standard InChI is InChI=1S/C35H47NO6/c1-31(2,3)42-30(37)36(6)25-10-7-23(8-11-25)27-22-33(5)28(13-14-35(33)40-19-20-41-35)26-12-9-24-21-34(38-17-18-39-34)16-15-32(24,4)29(26)27/h7-11,22,26,28-29H,12-21H2,1-6H3/t26-,28-,29+,32-,33-/m0/s1. The van der Waals surface area contributed by atoms with Gasteiger partial charge in [-0.25, -0.2) is 4.79 Å². The van der Waals surface area contributed by atoms with Gasteiger partial charge in [0.2, 0.25) is 0 Å². The fourth-order valence-electron chi connectivity index (χ4n) is 9.42. The van der Waals surface area contributed by atoms with Gasteiger partial charge < -0.3 is 23.7 Å². The first-order valence-electron chi connectivity index (χ1n) is 15.9. The van der Waals surface area contributed by atoms with Crippen molar-refractivity contribution in [2.24, 2.45) is 28.6 Å². The Bertz CT molecular complexity index is 1300. The average molecular weight is 578 g/mol. The summed E-state index contributed by atoms with van der Waals surface area (Å²) >= 11 is 0. The lowest BCUT2D eigenvalue weighted by Gasteiger charge is -2.59. The summed E-state index contributed by atoms with van der Waals surface area (Å²) < 4.78 is 31.0. The number of rotatable bonds is 2. The molecule has 0 N–H and O–H groups in total. The van der Waals surface area contributed by atoms with Gasteiger partial charge in [0.05, 0.1) is 26.4 Å². The largest absolute Gasteiger partial charge is 0.443 e. The maximum Gasteiger partial charge on any atom is 0.414 e. The van der Waals surface area contributed by atoms with Crippen molar-refractivity contribution in [3.05, 3.63) is 47.6 Å². The lowest BCUT2D eigenvalue weighted by Crippen LogP contribution is -2.54. The van der Waals surface area contributed by atoms with Crippen LogP contribution in [0.5, 0.6) is 0 Å². The summed E-state index contributed by atoms with van der Waals surface area (Å²) in [6, 6.07) is 8.48. The van der Waals surface area contributed by atoms with E-state index in [2.05, 4.69) is 50.3 Å². The fourth-order valence-corrected chi connectivity index (χ4v) is 9.42. The molecule has 2 saturated carbocycles. The summed E-state index contributed by atoms with van der Waals surface area (Å²) in [4.78, 5) is 14.4. The zero-order valence-corrected chi connectivity index (χ0v) is 26.2. The SMILES string of the molecule is CN(C(=O)OC(C)(C)C)c1ccc(C2=C[C@@]3(C)[C@@H](CCC34OCCO4)[C@@H]3CC=C4CC5(CC[C@]4(C)[C@@H]23)OCCO5)cc1. The molecule has 42 heavy (non-hydrogen) atoms. The number of amides is 1. The van der Waals surface area contributed by atoms with Gasteiger partial charge in [-0.2, -0.15) is 0 Å². The maximum absolute atomic E-state index is 12.8. The van der Waals surface area contributed by atoms with Gasteiger partial charge in [-0.15, -0.1) is 0 Å². The molecule has 2 heterocycles. The second kappa shape index (κ2) is 9.65. The molecule has 1 aromatic carbocycles. The summed E-state index contributed by atoms with van der Waals surface area (Å²) in [5.74, 6) is 0.381. The highest BCUT2D eigenvalue weighted by Crippen LogP contribution is 2.69. The molecule has 2 spiro atoms. The summed E-state index contributed by atoms with van der Waals surface area (Å²) in [7, 11) is 1.77. The van der Waals surface area contributed by atoms with Crippen molar-refractivity contribution in [3.63, 3.8) is 0 Å². The minimum absolute atomic E-state index is 0.0236. The van der Waals surface area contributed by atoms with E-state index in [4.69, 9.17) is 23.7 Å². The molecule has 0 unspecified atom stereocenters. The van der Waals surface area contributed by atoms with Crippen molar-refractivity contribution in [3.8, 4) is 0 Å². The number of carbonyl (C=O) groups is 1. The number of nitrogens with zero attached hydrogens (tertiary/aromatic N) is 1. The molecule has 0 bridgehead atoms. The van der Waals surface area contributed by atoms with Gasteiger partial charge in [0, 0.05) is 37.4 Å². The molecule has 5 atom stereocenters. The van der Waals surface area contributed by atoms with Crippen LogP contribution in [0.1, 0.15) is 78.7 Å². The smallest absolute Gasteiger partial charge is 0.414 e. The highest BCUT2D eigenvalue weighted by molar-refractivity contribution is 5.87. The Morgan fingerprint density at radius 3 is 2.29 bits per heavy atom. The average Bonchev–Trinajstić information content (AvgIpc) is 3.68. The number of anilines is 1. The third-order valence-corrected chi connectivity index (χ3v) is 11.5. The fraction of sp³-hybridized carbons (Fsp3) is 0.686. The van der Waals surface area contributed by atoms with Gasteiger partial charge >= 0.3 is 6.09 Å². The summed E-state index contributed by atoms with van der Waals surface area (Å²) in [5.41, 5.74) is 4.18. The molecule has 228 valence electrons. The van der Waals surface area contributed by atoms with Crippen LogP contribution in [0.25, 0.3) is 5.57 Å². The van der Waals surface area contributed by atoms with Crippen molar-refractivity contribution < 1.29 is 28.5 Å². The minimum atomic E-state index is -0.546. The van der Waals surface area contributed by atoms with Crippen molar-refractivity contribution in [2.75, 3.05) is 38.4 Å². The summed E-state index contributed by atoms with van der Waals surface area (Å²) in [6.07, 6.45) is 10.7. The van der Waals surface area contributed by atoms with Crippen molar-refractivity contribution >= 4 is 17.4 Å². The highest BCUT2D eigenvalue weighted by Gasteiger charge is 2.67. The first-order chi connectivity index (χ1) is 19.9. The zero-order valence-electron chi connectivity index (χ0n) is 26.2. The van der Waals surface area contributed by atoms with E-state index >= 15 is 0 Å². The predicted octanol–water partition coefficient (Wildman–Crippen LogP) is 7.11. The lowest BCUT2D eigenvalue weighted by molar-refractivity contribution is -0.215. The van der Waals surface area contributed by atoms with E-state index in [9.17, 15) is 4.79 Å². The van der Waals surface area contributed by atoms with E-state index < -0.39 is 17.2 Å². The van der Waals surface area contributed by atoms with E-state index in [0.29, 0.717) is 44.2 Å². The molecule has 1 aromatic rings. The van der Waals surface area contributed by atoms with Crippen LogP contribution in [0.4, 0.5) is 10.5 Å². The van der Waals surface area contributed by atoms with Crippen molar-refractivity contribution in [1.82, 2.24) is 0 Å². The van der Waals surface area contributed by atoms with Crippen LogP contribution in [-0.2, 0) is 23.7 Å². The summed E-state index contributed by atoms with van der Waals surface area (Å²) in [5, 5.41) is 0. The van der Waals surface area contributed by atoms with Crippen molar-refractivity contribution in [1.29, 1.82) is 0 Å². The second-order valence-corrected chi connectivity index (χ2v) is 14.9. The molecule has 0 aromatic heterocycles. The topological polar surface area (TPSA) is 66.5 Å². The molecule has 1 amide bonds. The quantitative estimate of drug-likeness (QED) is 0.349. The second-order valence-electron chi connectivity index (χ2n) is 14.9. The highest BCUT2D eigenvalue weighted by atomic mass is 16.7. The normalized spacial score (nSPS) is 36.2. The Labute approximate surface area is 250 Å². The maximum atomic E-state index is 12.8. The van der Waals surface area contributed by atoms with Crippen LogP contribution in [-0.4, -0.2) is 56.7 Å².